The number of halogens is 3. The van der Waals surface area contributed by atoms with Crippen molar-refractivity contribution in [1.82, 2.24) is 0 Å². The van der Waals surface area contributed by atoms with Crippen molar-refractivity contribution < 1.29 is 17.4 Å². The number of alkyl halides is 3. The normalized spacial score (nSPS) is 22.8. The molecule has 0 heterocycles. The van der Waals surface area contributed by atoms with Gasteiger partial charge in [0.1, 0.15) is 0 Å². The van der Waals surface area contributed by atoms with Gasteiger partial charge in [0.25, 0.3) is 0 Å². The van der Waals surface area contributed by atoms with Crippen LogP contribution in [0, 0.1) is 17.4 Å². The van der Waals surface area contributed by atoms with Gasteiger partial charge in [-0.1, -0.05) is 17.7 Å². The van der Waals surface area contributed by atoms with Crippen molar-refractivity contribution in [2.24, 2.45) is 10.9 Å². The lowest BCUT2D eigenvalue weighted by Crippen LogP contribution is -2.26. The molecule has 20 heavy (non-hydrogen) atoms. The van der Waals surface area contributed by atoms with Crippen molar-refractivity contribution >= 4 is 19.9 Å². The molecule has 0 amide bonds. The van der Waals surface area contributed by atoms with Gasteiger partial charge in [0.05, 0.1) is 11.5 Å². The molecule has 0 radical (unpaired) electrons. The van der Waals surface area contributed by atoms with Crippen LogP contribution in [0.2, 0.25) is 0 Å². The number of hydrogen-bond acceptors (Lipinski definition) is 3. The van der Waals surface area contributed by atoms with Crippen LogP contribution in [0.4, 0.5) is 13.2 Å². The Labute approximate surface area is 116 Å². The van der Waals surface area contributed by atoms with E-state index >= 15 is 0 Å². The molecule has 0 aromatic carbocycles. The molecule has 0 bridgehead atoms. The summed E-state index contributed by atoms with van der Waals surface area (Å²) < 4.78 is 50.5. The molecule has 0 fully saturated rings. The van der Waals surface area contributed by atoms with Crippen molar-refractivity contribution in [3.63, 3.8) is 0 Å². The van der Waals surface area contributed by atoms with E-state index in [0.717, 1.165) is 5.55 Å². The quantitative estimate of drug-likeness (QED) is 0.341. The molecule has 1 aliphatic rings. The molecule has 0 saturated carbocycles. The Bertz CT molecular complexity index is 642. The fourth-order valence-corrected chi connectivity index (χ4v) is 2.93. The van der Waals surface area contributed by atoms with E-state index in [1.807, 2.05) is 0 Å². The minimum atomic E-state index is -4.27. The summed E-state index contributed by atoms with van der Waals surface area (Å²) in [5, 5.41) is 8.35. The van der Waals surface area contributed by atoms with Crippen LogP contribution in [-0.2, 0) is 9.52 Å². The number of rotatable bonds is 2. The first-order chi connectivity index (χ1) is 9.09. The molecule has 1 aliphatic carbocycles. The average molecular weight is 304 g/mol. The molecule has 0 aromatic heterocycles. The SMILES string of the molecule is CC1=CC(C(C)=S(C)(=O)C=NC#N)=CCC1C(F)(F)F. The number of nitriles is 1. The number of aliphatic imine (C=N–C) groups is 1. The molecule has 0 saturated heterocycles. The minimum absolute atomic E-state index is 0.163. The molecule has 2 atom stereocenters. The van der Waals surface area contributed by atoms with Gasteiger partial charge in [-0.25, -0.2) is 0 Å². The highest BCUT2D eigenvalue weighted by molar-refractivity contribution is 8.13. The summed E-state index contributed by atoms with van der Waals surface area (Å²) in [6, 6.07) is 0. The highest BCUT2D eigenvalue weighted by Crippen LogP contribution is 2.37. The molecule has 1 rings (SSSR count). The lowest BCUT2D eigenvalue weighted by molar-refractivity contribution is -0.163. The van der Waals surface area contributed by atoms with Crippen molar-refractivity contribution in [1.29, 1.82) is 5.26 Å². The van der Waals surface area contributed by atoms with Crippen LogP contribution < -0.4 is 0 Å². The van der Waals surface area contributed by atoms with Crippen molar-refractivity contribution in [2.45, 2.75) is 26.4 Å². The first-order valence-electron chi connectivity index (χ1n) is 5.80. The van der Waals surface area contributed by atoms with Gasteiger partial charge in [-0.3, -0.25) is 4.21 Å². The summed E-state index contributed by atoms with van der Waals surface area (Å²) in [7, 11) is -2.64. The highest BCUT2D eigenvalue weighted by atomic mass is 32.2. The molecular weight excluding hydrogens is 289 g/mol. The Morgan fingerprint density at radius 2 is 2.20 bits per heavy atom. The van der Waals surface area contributed by atoms with E-state index in [1.165, 1.54) is 31.5 Å². The third kappa shape index (κ3) is 3.73. The molecule has 0 aromatic rings. The van der Waals surface area contributed by atoms with Crippen molar-refractivity contribution in [3.05, 3.63) is 23.3 Å². The Hall–Kier alpha value is -1.55. The second kappa shape index (κ2) is 5.83. The van der Waals surface area contributed by atoms with Gasteiger partial charge in [0, 0.05) is 20.6 Å². The smallest absolute Gasteiger partial charge is 0.262 e. The maximum Gasteiger partial charge on any atom is 0.395 e. The first-order valence-corrected chi connectivity index (χ1v) is 7.83. The highest BCUT2D eigenvalue weighted by Gasteiger charge is 2.40. The van der Waals surface area contributed by atoms with Gasteiger partial charge in [0.15, 0.2) is 0 Å². The molecule has 110 valence electrons. The summed E-state index contributed by atoms with van der Waals surface area (Å²) in [4.78, 5) is 3.72. The first kappa shape index (κ1) is 16.5. The van der Waals surface area contributed by atoms with Crippen LogP contribution in [0.15, 0.2) is 28.3 Å². The zero-order chi connectivity index (χ0) is 15.6. The molecule has 0 aliphatic heterocycles. The minimum Gasteiger partial charge on any atom is -0.262 e. The third-order valence-electron chi connectivity index (χ3n) is 3.23. The molecule has 2 unspecified atom stereocenters. The standard InChI is InChI=1S/C13H15F3N2OS/c1-9-6-11(4-5-12(9)13(14,15)16)10(2)20(3,19)8-18-7-17/h4,6,8,12H,5H2,1-3H3. The second-order valence-corrected chi connectivity index (χ2v) is 7.30. The summed E-state index contributed by atoms with van der Waals surface area (Å²) in [6.45, 7) is 2.99. The monoisotopic (exact) mass is 304 g/mol. The largest absolute Gasteiger partial charge is 0.395 e. The van der Waals surface area contributed by atoms with E-state index in [1.54, 1.807) is 6.92 Å². The Morgan fingerprint density at radius 3 is 2.65 bits per heavy atom. The van der Waals surface area contributed by atoms with Crippen LogP contribution in [0.3, 0.4) is 0 Å². The lowest BCUT2D eigenvalue weighted by Gasteiger charge is -2.24. The molecular formula is C13H15F3N2OS. The van der Waals surface area contributed by atoms with Gasteiger partial charge >= 0.3 is 6.18 Å². The predicted molar refractivity (Wildman–Crippen MR) is 74.9 cm³/mol. The third-order valence-corrected chi connectivity index (χ3v) is 5.19. The predicted octanol–water partition coefficient (Wildman–Crippen LogP) is 3.06. The molecule has 7 heteroatoms. The number of allylic oxidation sites excluding steroid dienone is 4. The average Bonchev–Trinajstić information content (AvgIpc) is 2.33. The van der Waals surface area contributed by atoms with Gasteiger partial charge in [-0.2, -0.15) is 23.4 Å². The topological polar surface area (TPSA) is 53.2 Å². The fourth-order valence-electron chi connectivity index (χ4n) is 1.91. The zero-order valence-electron chi connectivity index (χ0n) is 11.4. The molecule has 0 N–H and O–H groups in total. The Morgan fingerprint density at radius 1 is 1.60 bits per heavy atom. The summed E-state index contributed by atoms with van der Waals surface area (Å²) >= 11 is 0. The lowest BCUT2D eigenvalue weighted by atomic mass is 9.88. The van der Waals surface area contributed by atoms with E-state index in [2.05, 4.69) is 4.99 Å². The molecule has 3 nitrogen and oxygen atoms in total. The maximum absolute atomic E-state index is 12.7. The number of nitrogens with zero attached hydrogens (tertiary/aromatic N) is 2. The van der Waals surface area contributed by atoms with Crippen molar-refractivity contribution in [2.75, 3.05) is 6.26 Å². The summed E-state index contributed by atoms with van der Waals surface area (Å²) in [5.41, 5.74) is 1.75. The van der Waals surface area contributed by atoms with Crippen LogP contribution >= 0.6 is 0 Å². The summed E-state index contributed by atoms with van der Waals surface area (Å²) in [5.74, 6) is -1.49. The zero-order valence-corrected chi connectivity index (χ0v) is 12.2. The fraction of sp³-hybridized carbons (Fsp3) is 0.462. The van der Waals surface area contributed by atoms with E-state index < -0.39 is 21.6 Å². The summed E-state index contributed by atoms with van der Waals surface area (Å²) in [6.07, 6.45) is 1.32. The number of hydrogen-bond donors (Lipinski definition) is 0. The van der Waals surface area contributed by atoms with Crippen molar-refractivity contribution in [3.8, 4) is 6.19 Å². The van der Waals surface area contributed by atoms with E-state index in [0.29, 0.717) is 10.4 Å². The van der Waals surface area contributed by atoms with E-state index in [4.69, 9.17) is 5.26 Å². The maximum atomic E-state index is 12.7. The Balaban J connectivity index is 3.19. The van der Waals surface area contributed by atoms with E-state index in [-0.39, 0.29) is 12.0 Å². The van der Waals surface area contributed by atoms with Gasteiger partial charge < -0.3 is 0 Å². The van der Waals surface area contributed by atoms with Crippen LogP contribution in [-0.4, -0.2) is 27.1 Å². The second-order valence-electron chi connectivity index (χ2n) is 4.67. The van der Waals surface area contributed by atoms with E-state index in [9.17, 15) is 17.4 Å². The Kier molecular flexibility index (Phi) is 4.81. The van der Waals surface area contributed by atoms with Gasteiger partial charge in [0.2, 0.25) is 6.19 Å². The van der Waals surface area contributed by atoms with Crippen LogP contribution in [0.5, 0.6) is 0 Å². The van der Waals surface area contributed by atoms with Crippen LogP contribution in [0.25, 0.3) is 0 Å². The van der Waals surface area contributed by atoms with Crippen LogP contribution in [0.1, 0.15) is 20.3 Å². The van der Waals surface area contributed by atoms with Gasteiger partial charge in [-0.05, 0) is 25.8 Å². The van der Waals surface area contributed by atoms with Gasteiger partial charge in [-0.15, -0.1) is 0 Å². The molecule has 0 spiro atoms.